The fourth-order valence-corrected chi connectivity index (χ4v) is 11.7. The molecule has 11 aromatic carbocycles. The van der Waals surface area contributed by atoms with Crippen LogP contribution in [0.4, 0.5) is 34.1 Å². The smallest absolute Gasteiger partial charge is 0.0467 e. The molecule has 0 atom stereocenters. The number of anilines is 6. The van der Waals surface area contributed by atoms with Gasteiger partial charge in [-0.25, -0.2) is 0 Å². The first-order valence-electron chi connectivity index (χ1n) is 27.2. The molecule has 0 fully saturated rings. The Kier molecular flexibility index (Phi) is 14.2. The summed E-state index contributed by atoms with van der Waals surface area (Å²) in [5.41, 5.74) is 23.8. The zero-order valence-electron chi connectivity index (χ0n) is 45.7. The van der Waals surface area contributed by atoms with E-state index in [1.165, 1.54) is 77.9 Å². The molecule has 0 saturated heterocycles. The van der Waals surface area contributed by atoms with E-state index in [-0.39, 0.29) is 0 Å². The van der Waals surface area contributed by atoms with Crippen molar-refractivity contribution in [3.8, 4) is 44.5 Å². The summed E-state index contributed by atoms with van der Waals surface area (Å²) in [6, 6.07) is 99.4. The monoisotopic (exact) mass is 1010 g/mol. The lowest BCUT2D eigenvalue weighted by atomic mass is 9.68. The van der Waals surface area contributed by atoms with Gasteiger partial charge in [0.15, 0.2) is 0 Å². The molecule has 2 nitrogen and oxygen atoms in total. The molecule has 380 valence electrons. The summed E-state index contributed by atoms with van der Waals surface area (Å²) >= 11 is 0. The second kappa shape index (κ2) is 21.8. The first-order valence-corrected chi connectivity index (χ1v) is 27.2. The van der Waals surface area contributed by atoms with E-state index < -0.39 is 10.8 Å². The molecule has 0 aliphatic heterocycles. The van der Waals surface area contributed by atoms with Crippen molar-refractivity contribution in [2.45, 2.75) is 52.4 Å². The molecule has 78 heavy (non-hydrogen) atoms. The Morgan fingerprint density at radius 3 is 0.923 bits per heavy atom. The SMILES string of the molecule is C=Cc1ccccc1C(C)(C)c1cc(N(c2ccc(-c3ccccc3)cc2)c2ccc(-c3ccccc3)cc2)cc(C(C)(C)c2cc(N(c3ccc(-c4ccccc4)cc3)c3ccc(-c4ccccc4)cc3)ccc2C)c1C. The lowest BCUT2D eigenvalue weighted by Gasteiger charge is -2.38. The van der Waals surface area contributed by atoms with Gasteiger partial charge >= 0.3 is 0 Å². The molecule has 0 aliphatic rings. The Morgan fingerprint density at radius 2 is 0.564 bits per heavy atom. The molecule has 0 aromatic heterocycles. The van der Waals surface area contributed by atoms with Crippen molar-refractivity contribution in [2.24, 2.45) is 0 Å². The maximum absolute atomic E-state index is 4.30. The third-order valence-corrected chi connectivity index (χ3v) is 15.9. The van der Waals surface area contributed by atoms with Gasteiger partial charge < -0.3 is 9.80 Å². The molecule has 0 heterocycles. The van der Waals surface area contributed by atoms with Gasteiger partial charge in [0.1, 0.15) is 0 Å². The molecular formula is C76H66N2. The lowest BCUT2D eigenvalue weighted by molar-refractivity contribution is 0.606. The Balaban J connectivity index is 1.09. The van der Waals surface area contributed by atoms with Crippen LogP contribution in [0.3, 0.4) is 0 Å². The van der Waals surface area contributed by atoms with Crippen molar-refractivity contribution < 1.29 is 0 Å². The van der Waals surface area contributed by atoms with Crippen molar-refractivity contribution in [1.82, 2.24) is 0 Å². The van der Waals surface area contributed by atoms with Gasteiger partial charge in [0.05, 0.1) is 0 Å². The van der Waals surface area contributed by atoms with E-state index in [1.807, 2.05) is 6.08 Å². The van der Waals surface area contributed by atoms with Crippen LogP contribution < -0.4 is 9.80 Å². The fourth-order valence-electron chi connectivity index (χ4n) is 11.7. The zero-order valence-corrected chi connectivity index (χ0v) is 45.7. The Morgan fingerprint density at radius 1 is 0.282 bits per heavy atom. The number of hydrogen-bond acceptors (Lipinski definition) is 2. The minimum absolute atomic E-state index is 0.415. The lowest BCUT2D eigenvalue weighted by Crippen LogP contribution is -2.28. The van der Waals surface area contributed by atoms with Crippen LogP contribution in [0.25, 0.3) is 50.6 Å². The van der Waals surface area contributed by atoms with E-state index in [0.29, 0.717) is 0 Å². The normalized spacial score (nSPS) is 11.5. The topological polar surface area (TPSA) is 6.48 Å². The van der Waals surface area contributed by atoms with E-state index in [2.05, 4.69) is 331 Å². The van der Waals surface area contributed by atoms with E-state index in [4.69, 9.17) is 0 Å². The van der Waals surface area contributed by atoms with Crippen molar-refractivity contribution >= 4 is 40.2 Å². The molecule has 0 saturated carbocycles. The summed E-state index contributed by atoms with van der Waals surface area (Å²) in [4.78, 5) is 4.86. The molecule has 0 aliphatic carbocycles. The maximum Gasteiger partial charge on any atom is 0.0467 e. The second-order valence-corrected chi connectivity index (χ2v) is 21.5. The molecule has 0 N–H and O–H groups in total. The van der Waals surface area contributed by atoms with Gasteiger partial charge in [0.25, 0.3) is 0 Å². The molecule has 11 rings (SSSR count). The van der Waals surface area contributed by atoms with Crippen LogP contribution in [0.5, 0.6) is 0 Å². The van der Waals surface area contributed by atoms with Crippen molar-refractivity contribution in [3.05, 3.63) is 319 Å². The van der Waals surface area contributed by atoms with Gasteiger partial charge in [-0.2, -0.15) is 0 Å². The molecule has 0 spiro atoms. The van der Waals surface area contributed by atoms with Crippen LogP contribution in [-0.2, 0) is 10.8 Å². The van der Waals surface area contributed by atoms with Crippen LogP contribution in [0, 0.1) is 13.8 Å². The van der Waals surface area contributed by atoms with Crippen LogP contribution in [0.2, 0.25) is 0 Å². The fraction of sp³-hybridized carbons (Fsp3) is 0.105. The van der Waals surface area contributed by atoms with Gasteiger partial charge in [0, 0.05) is 45.0 Å². The van der Waals surface area contributed by atoms with Crippen molar-refractivity contribution in [3.63, 3.8) is 0 Å². The molecule has 0 amide bonds. The third-order valence-electron chi connectivity index (χ3n) is 15.9. The maximum atomic E-state index is 4.30. The Bertz CT molecular complexity index is 3660. The van der Waals surface area contributed by atoms with E-state index >= 15 is 0 Å². The highest BCUT2D eigenvalue weighted by Gasteiger charge is 2.35. The summed E-state index contributed by atoms with van der Waals surface area (Å²) in [7, 11) is 0. The van der Waals surface area contributed by atoms with Gasteiger partial charge in [-0.15, -0.1) is 0 Å². The highest BCUT2D eigenvalue weighted by atomic mass is 15.1. The van der Waals surface area contributed by atoms with Gasteiger partial charge in [0.2, 0.25) is 0 Å². The molecule has 2 heteroatoms. The minimum Gasteiger partial charge on any atom is -0.310 e. The second-order valence-electron chi connectivity index (χ2n) is 21.5. The van der Waals surface area contributed by atoms with Gasteiger partial charge in [-0.1, -0.05) is 241 Å². The number of benzene rings is 11. The molecule has 0 radical (unpaired) electrons. The average molecular weight is 1010 g/mol. The molecular weight excluding hydrogens is 941 g/mol. The molecule has 0 unspecified atom stereocenters. The average Bonchev–Trinajstić information content (AvgIpc) is 3.62. The highest BCUT2D eigenvalue weighted by molar-refractivity contribution is 5.83. The minimum atomic E-state index is -0.483. The molecule has 11 aromatic rings. The van der Waals surface area contributed by atoms with E-state index in [0.717, 1.165) is 39.7 Å². The first kappa shape index (κ1) is 50.9. The molecule has 0 bridgehead atoms. The summed E-state index contributed by atoms with van der Waals surface area (Å²) in [5, 5.41) is 0. The summed E-state index contributed by atoms with van der Waals surface area (Å²) in [6.45, 7) is 18.5. The van der Waals surface area contributed by atoms with Gasteiger partial charge in [-0.05, 0) is 170 Å². The van der Waals surface area contributed by atoms with Crippen LogP contribution >= 0.6 is 0 Å². The zero-order chi connectivity index (χ0) is 53.8. The standard InChI is InChI=1S/C76H66N2/c1-8-56-23-21-22-32-71(56)75(4,5)73-52-70(78(67-47-38-63(39-48-67)59-28-17-11-18-29-59)68-49-40-64(41-50-68)60-30-19-12-20-31-60)53-74(55(73)3)76(6,7)72-51-69(42-33-54(72)2)77(65-43-34-61(35-44-65)57-24-13-9-14-25-57)66-45-36-62(37-46-66)58-26-15-10-16-27-58/h8-53H,1H2,2-7H3. The number of rotatable bonds is 15. The van der Waals surface area contributed by atoms with E-state index in [1.54, 1.807) is 0 Å². The van der Waals surface area contributed by atoms with Crippen LogP contribution in [0.1, 0.15) is 66.6 Å². The summed E-state index contributed by atoms with van der Waals surface area (Å²) in [6.07, 6.45) is 2.00. The first-order chi connectivity index (χ1) is 38.0. The van der Waals surface area contributed by atoms with Crippen molar-refractivity contribution in [2.75, 3.05) is 9.80 Å². The van der Waals surface area contributed by atoms with E-state index in [9.17, 15) is 0 Å². The predicted molar refractivity (Wildman–Crippen MR) is 334 cm³/mol. The Hall–Kier alpha value is -9.24. The van der Waals surface area contributed by atoms with Crippen LogP contribution in [-0.4, -0.2) is 0 Å². The predicted octanol–water partition coefficient (Wildman–Crippen LogP) is 21.2. The summed E-state index contributed by atoms with van der Waals surface area (Å²) in [5.74, 6) is 0. The number of nitrogens with zero attached hydrogens (tertiary/aromatic N) is 2. The highest BCUT2D eigenvalue weighted by Crippen LogP contribution is 2.48. The third kappa shape index (κ3) is 10.1. The quantitative estimate of drug-likeness (QED) is 0.101. The Labute approximate surface area is 462 Å². The largest absolute Gasteiger partial charge is 0.310 e. The van der Waals surface area contributed by atoms with Gasteiger partial charge in [-0.3, -0.25) is 0 Å². The summed E-state index contributed by atoms with van der Waals surface area (Å²) < 4.78 is 0. The van der Waals surface area contributed by atoms with Crippen LogP contribution in [0.15, 0.2) is 280 Å². The van der Waals surface area contributed by atoms with Crippen molar-refractivity contribution in [1.29, 1.82) is 0 Å². The number of aryl methyl sites for hydroxylation is 1. The number of hydrogen-bond donors (Lipinski definition) is 0.